The summed E-state index contributed by atoms with van der Waals surface area (Å²) in [4.78, 5) is 21.5. The van der Waals surface area contributed by atoms with Crippen LogP contribution >= 0.6 is 0 Å². The molecule has 1 saturated heterocycles. The fourth-order valence-electron chi connectivity index (χ4n) is 3.37. The lowest BCUT2D eigenvalue weighted by molar-refractivity contribution is 0.138. The van der Waals surface area contributed by atoms with Crippen molar-refractivity contribution in [3.05, 3.63) is 54.1 Å². The second-order valence-corrected chi connectivity index (χ2v) is 6.90. The summed E-state index contributed by atoms with van der Waals surface area (Å²) >= 11 is 0. The van der Waals surface area contributed by atoms with Crippen LogP contribution in [-0.4, -0.2) is 58.6 Å². The van der Waals surface area contributed by atoms with Crippen LogP contribution < -0.4 is 5.32 Å². The molecule has 2 amide bonds. The van der Waals surface area contributed by atoms with Gasteiger partial charge in [-0.25, -0.2) is 9.78 Å². The minimum Gasteiger partial charge on any atom is -0.336 e. The zero-order valence-electron chi connectivity index (χ0n) is 15.2. The number of rotatable bonds is 4. The molecule has 0 radical (unpaired) electrons. The summed E-state index contributed by atoms with van der Waals surface area (Å²) in [5, 5.41) is 3.19. The number of urea groups is 1. The van der Waals surface area contributed by atoms with Gasteiger partial charge in [0, 0.05) is 38.6 Å². The Morgan fingerprint density at radius 3 is 2.72 bits per heavy atom. The molecule has 0 saturated carbocycles. The number of piperidine rings is 1. The fraction of sp³-hybridized carbons (Fsp3) is 0.474. The number of benzene rings is 1. The standard InChI is InChI=1S/C19H27N5O/c1-22(2)16-10-7-12-24(14-16)19(25)21-17(15-8-5-4-6-9-15)18-20-11-13-23(18)3/h4-6,8-9,11,13,16-17H,7,10,12,14H2,1-3H3,(H,21,25). The van der Waals surface area contributed by atoms with Crippen LogP contribution in [0.2, 0.25) is 0 Å². The molecule has 1 aliphatic rings. The monoisotopic (exact) mass is 341 g/mol. The Bertz CT molecular complexity index is 697. The zero-order chi connectivity index (χ0) is 17.8. The molecular weight excluding hydrogens is 314 g/mol. The molecule has 3 rings (SSSR count). The maximum absolute atomic E-state index is 12.9. The van der Waals surface area contributed by atoms with E-state index in [4.69, 9.17) is 0 Å². The number of nitrogens with one attached hydrogen (secondary N) is 1. The van der Waals surface area contributed by atoms with Crippen molar-refractivity contribution in [1.29, 1.82) is 0 Å². The van der Waals surface area contributed by atoms with Crippen LogP contribution in [0.3, 0.4) is 0 Å². The van der Waals surface area contributed by atoms with Crippen LogP contribution in [0, 0.1) is 0 Å². The average Bonchev–Trinajstić information content (AvgIpc) is 3.06. The largest absolute Gasteiger partial charge is 0.336 e. The van der Waals surface area contributed by atoms with Crippen LogP contribution in [0.4, 0.5) is 4.79 Å². The molecule has 6 nitrogen and oxygen atoms in total. The lowest BCUT2D eigenvalue weighted by Gasteiger charge is -2.36. The first-order valence-corrected chi connectivity index (χ1v) is 8.80. The highest BCUT2D eigenvalue weighted by Crippen LogP contribution is 2.21. The minimum atomic E-state index is -0.256. The van der Waals surface area contributed by atoms with Gasteiger partial charge in [0.15, 0.2) is 0 Å². The summed E-state index contributed by atoms with van der Waals surface area (Å²) < 4.78 is 1.96. The Morgan fingerprint density at radius 2 is 2.08 bits per heavy atom. The second kappa shape index (κ2) is 7.70. The lowest BCUT2D eigenvalue weighted by Crippen LogP contribution is -2.51. The molecule has 2 heterocycles. The highest BCUT2D eigenvalue weighted by Gasteiger charge is 2.28. The molecule has 0 aliphatic carbocycles. The Hall–Kier alpha value is -2.34. The first kappa shape index (κ1) is 17.5. The van der Waals surface area contributed by atoms with Crippen molar-refractivity contribution in [1.82, 2.24) is 24.7 Å². The SMILES string of the molecule is CN(C)C1CCCN(C(=O)NC(c2ccccc2)c2nccn2C)C1. The predicted octanol–water partition coefficient (Wildman–Crippen LogP) is 2.25. The number of carbonyl (C=O) groups is 1. The lowest BCUT2D eigenvalue weighted by atomic mass is 10.0. The summed E-state index contributed by atoms with van der Waals surface area (Å²) in [7, 11) is 6.10. The number of aryl methyl sites for hydroxylation is 1. The van der Waals surface area contributed by atoms with Crippen molar-refractivity contribution in [2.75, 3.05) is 27.2 Å². The van der Waals surface area contributed by atoms with Gasteiger partial charge in [-0.3, -0.25) is 0 Å². The molecule has 0 spiro atoms. The van der Waals surface area contributed by atoms with Crippen molar-refractivity contribution in [2.24, 2.45) is 7.05 Å². The normalized spacial score (nSPS) is 19.0. The Balaban J connectivity index is 1.79. The molecule has 6 heteroatoms. The first-order valence-electron chi connectivity index (χ1n) is 8.80. The predicted molar refractivity (Wildman–Crippen MR) is 98.3 cm³/mol. The number of hydrogen-bond donors (Lipinski definition) is 1. The number of imidazole rings is 1. The van der Waals surface area contributed by atoms with Gasteiger partial charge in [-0.05, 0) is 32.5 Å². The van der Waals surface area contributed by atoms with Gasteiger partial charge in [0.2, 0.25) is 0 Å². The van der Waals surface area contributed by atoms with E-state index in [1.54, 1.807) is 6.20 Å². The summed E-state index contributed by atoms with van der Waals surface area (Å²) in [5.74, 6) is 0.834. The van der Waals surface area contributed by atoms with Crippen LogP contribution in [0.5, 0.6) is 0 Å². The number of nitrogens with zero attached hydrogens (tertiary/aromatic N) is 4. The van der Waals surface area contributed by atoms with Gasteiger partial charge in [-0.1, -0.05) is 30.3 Å². The van der Waals surface area contributed by atoms with Gasteiger partial charge in [0.05, 0.1) is 0 Å². The molecule has 134 valence electrons. The maximum atomic E-state index is 12.9. The molecule has 2 aromatic rings. The van der Waals surface area contributed by atoms with E-state index in [1.165, 1.54) is 0 Å². The maximum Gasteiger partial charge on any atom is 0.318 e. The molecule has 2 atom stereocenters. The van der Waals surface area contributed by atoms with E-state index in [-0.39, 0.29) is 12.1 Å². The van der Waals surface area contributed by atoms with E-state index in [0.29, 0.717) is 6.04 Å². The smallest absolute Gasteiger partial charge is 0.318 e. The van der Waals surface area contributed by atoms with E-state index in [1.807, 2.05) is 53.0 Å². The van der Waals surface area contributed by atoms with Crippen molar-refractivity contribution in [3.63, 3.8) is 0 Å². The zero-order valence-corrected chi connectivity index (χ0v) is 15.2. The minimum absolute atomic E-state index is 0.0246. The molecule has 1 aliphatic heterocycles. The third-order valence-corrected chi connectivity index (χ3v) is 4.93. The van der Waals surface area contributed by atoms with E-state index in [9.17, 15) is 4.79 Å². The molecule has 0 bridgehead atoms. The van der Waals surface area contributed by atoms with Crippen LogP contribution in [-0.2, 0) is 7.05 Å². The number of carbonyl (C=O) groups excluding carboxylic acids is 1. The van der Waals surface area contributed by atoms with Gasteiger partial charge in [-0.2, -0.15) is 0 Å². The number of likely N-dealkylation sites (N-methyl/N-ethyl adjacent to an activating group) is 1. The summed E-state index contributed by atoms with van der Waals surface area (Å²) in [6.07, 6.45) is 5.84. The van der Waals surface area contributed by atoms with Gasteiger partial charge in [0.25, 0.3) is 0 Å². The quantitative estimate of drug-likeness (QED) is 0.928. The van der Waals surface area contributed by atoms with Gasteiger partial charge >= 0.3 is 6.03 Å². The van der Waals surface area contributed by atoms with E-state index in [0.717, 1.165) is 37.3 Å². The highest BCUT2D eigenvalue weighted by molar-refractivity contribution is 5.75. The van der Waals surface area contributed by atoms with Crippen LogP contribution in [0.25, 0.3) is 0 Å². The Kier molecular flexibility index (Phi) is 5.38. The summed E-state index contributed by atoms with van der Waals surface area (Å²) in [6, 6.07) is 10.1. The molecule has 2 unspecified atom stereocenters. The molecular formula is C19H27N5O. The molecule has 1 aromatic heterocycles. The average molecular weight is 341 g/mol. The fourth-order valence-corrected chi connectivity index (χ4v) is 3.37. The summed E-state index contributed by atoms with van der Waals surface area (Å²) in [5.41, 5.74) is 1.03. The Morgan fingerprint density at radius 1 is 1.32 bits per heavy atom. The Labute approximate surface area is 149 Å². The number of likely N-dealkylation sites (tertiary alicyclic amines) is 1. The van der Waals surface area contributed by atoms with E-state index in [2.05, 4.69) is 29.3 Å². The third kappa shape index (κ3) is 4.02. The van der Waals surface area contributed by atoms with Gasteiger partial charge in [0.1, 0.15) is 11.9 Å². The number of amides is 2. The van der Waals surface area contributed by atoms with Gasteiger partial charge in [-0.15, -0.1) is 0 Å². The van der Waals surface area contributed by atoms with E-state index < -0.39 is 0 Å². The second-order valence-electron chi connectivity index (χ2n) is 6.90. The van der Waals surface area contributed by atoms with Crippen molar-refractivity contribution in [3.8, 4) is 0 Å². The van der Waals surface area contributed by atoms with Crippen LogP contribution in [0.1, 0.15) is 30.3 Å². The number of hydrogen-bond acceptors (Lipinski definition) is 3. The van der Waals surface area contributed by atoms with Crippen molar-refractivity contribution >= 4 is 6.03 Å². The highest BCUT2D eigenvalue weighted by atomic mass is 16.2. The molecule has 25 heavy (non-hydrogen) atoms. The first-order chi connectivity index (χ1) is 12.1. The molecule has 1 N–H and O–H groups in total. The third-order valence-electron chi connectivity index (χ3n) is 4.93. The molecule has 1 aromatic carbocycles. The molecule has 1 fully saturated rings. The topological polar surface area (TPSA) is 53.4 Å². The van der Waals surface area contributed by atoms with E-state index >= 15 is 0 Å². The van der Waals surface area contributed by atoms with Gasteiger partial charge < -0.3 is 19.7 Å². The van der Waals surface area contributed by atoms with Crippen molar-refractivity contribution < 1.29 is 4.79 Å². The summed E-state index contributed by atoms with van der Waals surface area (Å²) in [6.45, 7) is 1.57. The van der Waals surface area contributed by atoms with Crippen molar-refractivity contribution in [2.45, 2.75) is 24.9 Å². The van der Waals surface area contributed by atoms with Crippen LogP contribution in [0.15, 0.2) is 42.7 Å². The number of aromatic nitrogens is 2.